The Hall–Kier alpha value is -2.64. The van der Waals surface area contributed by atoms with Crippen LogP contribution in [0.4, 0.5) is 16.4 Å². The lowest BCUT2D eigenvalue weighted by Gasteiger charge is -2.19. The molecule has 2 amide bonds. The van der Waals surface area contributed by atoms with Crippen molar-refractivity contribution in [2.45, 2.75) is 18.9 Å². The summed E-state index contributed by atoms with van der Waals surface area (Å²) < 4.78 is 10.4. The Bertz CT molecular complexity index is 603. The van der Waals surface area contributed by atoms with E-state index in [1.54, 1.807) is 12.1 Å². The molecule has 0 unspecified atom stereocenters. The second-order valence-corrected chi connectivity index (χ2v) is 4.71. The van der Waals surface area contributed by atoms with E-state index in [2.05, 4.69) is 10.3 Å². The van der Waals surface area contributed by atoms with Gasteiger partial charge in [-0.05, 0) is 18.6 Å². The van der Waals surface area contributed by atoms with E-state index in [1.807, 2.05) is 0 Å². The summed E-state index contributed by atoms with van der Waals surface area (Å²) >= 11 is 0. The third-order valence-electron chi connectivity index (χ3n) is 3.22. The number of fused-ring (bicyclic) bond motifs is 1. The van der Waals surface area contributed by atoms with Crippen LogP contribution in [0, 0.1) is 0 Å². The van der Waals surface area contributed by atoms with Crippen molar-refractivity contribution in [1.82, 2.24) is 4.98 Å². The van der Waals surface area contributed by atoms with Crippen molar-refractivity contribution in [3.8, 4) is 5.75 Å². The van der Waals surface area contributed by atoms with E-state index in [0.29, 0.717) is 31.0 Å². The molecule has 3 heterocycles. The molecule has 0 aromatic carbocycles. The van der Waals surface area contributed by atoms with Gasteiger partial charge in [0.25, 0.3) is 5.91 Å². The minimum atomic E-state index is -0.513. The number of hydrogen-bond donors (Lipinski definition) is 1. The van der Waals surface area contributed by atoms with Gasteiger partial charge in [0.1, 0.15) is 18.2 Å². The Morgan fingerprint density at radius 2 is 2.29 bits per heavy atom. The summed E-state index contributed by atoms with van der Waals surface area (Å²) in [5.74, 6) is 0.828. The average molecular weight is 291 g/mol. The average Bonchev–Trinajstić information content (AvgIpc) is 2.85. The van der Waals surface area contributed by atoms with Crippen molar-refractivity contribution >= 4 is 29.9 Å². The Balaban J connectivity index is 1.78. The highest BCUT2D eigenvalue weighted by Gasteiger charge is 2.33. The van der Waals surface area contributed by atoms with E-state index in [9.17, 15) is 14.4 Å². The number of carbonyl (C=O) groups is 3. The Morgan fingerprint density at radius 3 is 3.10 bits per heavy atom. The number of pyridine rings is 1. The van der Waals surface area contributed by atoms with Gasteiger partial charge >= 0.3 is 6.09 Å². The Kier molecular flexibility index (Phi) is 3.43. The van der Waals surface area contributed by atoms with Crippen LogP contribution in [0.25, 0.3) is 0 Å². The number of anilines is 2. The smallest absolute Gasteiger partial charge is 0.415 e. The second kappa shape index (κ2) is 5.39. The topological polar surface area (TPSA) is 97.8 Å². The summed E-state index contributed by atoms with van der Waals surface area (Å²) in [5, 5.41) is 2.58. The highest BCUT2D eigenvalue weighted by Crippen LogP contribution is 2.30. The molecule has 1 saturated heterocycles. The van der Waals surface area contributed by atoms with Crippen molar-refractivity contribution < 1.29 is 23.9 Å². The molecule has 0 saturated carbocycles. The maximum Gasteiger partial charge on any atom is 0.415 e. The van der Waals surface area contributed by atoms with Gasteiger partial charge in [0.15, 0.2) is 18.2 Å². The van der Waals surface area contributed by atoms with E-state index in [0.717, 1.165) is 6.29 Å². The lowest BCUT2D eigenvalue weighted by Crippen LogP contribution is -2.29. The number of nitrogens with one attached hydrogen (secondary N) is 1. The monoisotopic (exact) mass is 291 g/mol. The van der Waals surface area contributed by atoms with E-state index < -0.39 is 6.09 Å². The molecule has 1 atom stereocenters. The first kappa shape index (κ1) is 13.3. The van der Waals surface area contributed by atoms with Gasteiger partial charge < -0.3 is 19.6 Å². The van der Waals surface area contributed by atoms with Crippen molar-refractivity contribution in [2.75, 3.05) is 23.4 Å². The van der Waals surface area contributed by atoms with Crippen LogP contribution in [0.1, 0.15) is 12.8 Å². The van der Waals surface area contributed by atoms with Crippen molar-refractivity contribution in [3.05, 3.63) is 12.1 Å². The Morgan fingerprint density at radius 1 is 1.43 bits per heavy atom. The summed E-state index contributed by atoms with van der Waals surface area (Å²) in [5.41, 5.74) is 0. The molecular formula is C13H13N3O5. The number of cyclic esters (lactones) is 1. The van der Waals surface area contributed by atoms with E-state index in [4.69, 9.17) is 9.47 Å². The quantitative estimate of drug-likeness (QED) is 0.821. The van der Waals surface area contributed by atoms with Crippen LogP contribution in [-0.4, -0.2) is 42.5 Å². The number of ether oxygens (including phenoxy) is 2. The minimum Gasteiger partial charge on any atom is -0.480 e. The summed E-state index contributed by atoms with van der Waals surface area (Å²) in [6.45, 7) is 0.279. The lowest BCUT2D eigenvalue weighted by atomic mass is 10.2. The number of rotatable bonds is 4. The number of nitrogens with zero attached hydrogens (tertiary/aromatic N) is 2. The molecular weight excluding hydrogens is 278 g/mol. The van der Waals surface area contributed by atoms with Gasteiger partial charge in [-0.15, -0.1) is 0 Å². The molecule has 1 N–H and O–H groups in total. The van der Waals surface area contributed by atoms with Crippen LogP contribution in [0.5, 0.6) is 5.75 Å². The van der Waals surface area contributed by atoms with Gasteiger partial charge in [-0.25, -0.2) is 9.78 Å². The van der Waals surface area contributed by atoms with Crippen LogP contribution in [-0.2, 0) is 14.3 Å². The third kappa shape index (κ3) is 2.64. The standard InChI is InChI=1S/C13H13N3O5/c17-5-1-2-8-6-16(13(19)21-8)10-4-3-9-12(14-10)15-11(18)7-20-9/h3-5,8H,1-2,6-7H2,(H,14,15,18)/t8-/m1/s1. The van der Waals surface area contributed by atoms with Crippen LogP contribution in [0.2, 0.25) is 0 Å². The zero-order valence-corrected chi connectivity index (χ0v) is 11.1. The molecule has 0 aliphatic carbocycles. The van der Waals surface area contributed by atoms with Crippen molar-refractivity contribution in [1.29, 1.82) is 0 Å². The van der Waals surface area contributed by atoms with Crippen molar-refractivity contribution in [2.24, 2.45) is 0 Å². The number of aromatic nitrogens is 1. The summed E-state index contributed by atoms with van der Waals surface area (Å²) in [6, 6.07) is 3.27. The molecule has 0 radical (unpaired) electrons. The fourth-order valence-electron chi connectivity index (χ4n) is 2.22. The number of aldehydes is 1. The SMILES string of the molecule is O=CCC[C@@H]1CN(c2ccc3c(n2)NC(=O)CO3)C(=O)O1. The predicted molar refractivity (Wildman–Crippen MR) is 71.3 cm³/mol. The second-order valence-electron chi connectivity index (χ2n) is 4.71. The maximum atomic E-state index is 11.8. The molecule has 8 heteroatoms. The van der Waals surface area contributed by atoms with Gasteiger partial charge in [-0.2, -0.15) is 0 Å². The van der Waals surface area contributed by atoms with Gasteiger partial charge in [0.2, 0.25) is 0 Å². The molecule has 1 fully saturated rings. The molecule has 2 aliphatic rings. The van der Waals surface area contributed by atoms with Gasteiger partial charge in [-0.1, -0.05) is 0 Å². The zero-order chi connectivity index (χ0) is 14.8. The van der Waals surface area contributed by atoms with Gasteiger partial charge in [0, 0.05) is 6.42 Å². The molecule has 21 heavy (non-hydrogen) atoms. The molecule has 110 valence electrons. The summed E-state index contributed by atoms with van der Waals surface area (Å²) in [4.78, 5) is 39.1. The van der Waals surface area contributed by atoms with E-state index in [1.165, 1.54) is 4.90 Å². The first-order chi connectivity index (χ1) is 10.2. The highest BCUT2D eigenvalue weighted by molar-refractivity contribution is 5.95. The fourth-order valence-corrected chi connectivity index (χ4v) is 2.22. The van der Waals surface area contributed by atoms with Crippen LogP contribution in [0.15, 0.2) is 12.1 Å². The van der Waals surface area contributed by atoms with Crippen molar-refractivity contribution in [3.63, 3.8) is 0 Å². The van der Waals surface area contributed by atoms with Crippen LogP contribution in [0.3, 0.4) is 0 Å². The molecule has 0 bridgehead atoms. The van der Waals surface area contributed by atoms with Crippen LogP contribution >= 0.6 is 0 Å². The number of hydrogen-bond acceptors (Lipinski definition) is 6. The molecule has 8 nitrogen and oxygen atoms in total. The molecule has 1 aromatic rings. The first-order valence-electron chi connectivity index (χ1n) is 6.53. The third-order valence-corrected chi connectivity index (χ3v) is 3.22. The number of carbonyl (C=O) groups excluding carboxylic acids is 3. The van der Waals surface area contributed by atoms with E-state index in [-0.39, 0.29) is 24.4 Å². The molecule has 1 aromatic heterocycles. The lowest BCUT2D eigenvalue weighted by molar-refractivity contribution is -0.118. The van der Waals surface area contributed by atoms with Crippen LogP contribution < -0.4 is 15.0 Å². The highest BCUT2D eigenvalue weighted by atomic mass is 16.6. The molecule has 2 aliphatic heterocycles. The Labute approximate surface area is 120 Å². The number of amides is 2. The fraction of sp³-hybridized carbons (Fsp3) is 0.385. The summed E-state index contributed by atoms with van der Waals surface area (Å²) in [7, 11) is 0. The maximum absolute atomic E-state index is 11.8. The molecule has 0 spiro atoms. The first-order valence-corrected chi connectivity index (χ1v) is 6.53. The molecule has 3 rings (SSSR count). The minimum absolute atomic E-state index is 0.0481. The van der Waals surface area contributed by atoms with Gasteiger partial charge in [-0.3, -0.25) is 9.69 Å². The zero-order valence-electron chi connectivity index (χ0n) is 11.1. The van der Waals surface area contributed by atoms with Gasteiger partial charge in [0.05, 0.1) is 6.54 Å². The largest absolute Gasteiger partial charge is 0.480 e. The van der Waals surface area contributed by atoms with E-state index >= 15 is 0 Å². The predicted octanol–water partition coefficient (Wildman–Crippen LogP) is 0.717. The normalized spacial score (nSPS) is 20.4. The summed E-state index contributed by atoms with van der Waals surface area (Å²) in [6.07, 6.45) is 0.775.